The lowest BCUT2D eigenvalue weighted by Crippen LogP contribution is -2.52. The molecule has 0 amide bonds. The van der Waals surface area contributed by atoms with Gasteiger partial charge in [0, 0.05) is 45.4 Å². The minimum absolute atomic E-state index is 0.231. The largest absolute Gasteiger partial charge is 0.396 e. The predicted molar refractivity (Wildman–Crippen MR) is 97.3 cm³/mol. The first-order valence-electron chi connectivity index (χ1n) is 8.61. The van der Waals surface area contributed by atoms with Crippen molar-refractivity contribution in [2.45, 2.75) is 25.6 Å². The number of hydrogen-bond donors (Lipinski definition) is 1. The van der Waals surface area contributed by atoms with Crippen LogP contribution in [0, 0.1) is 0 Å². The van der Waals surface area contributed by atoms with Gasteiger partial charge in [-0.05, 0) is 56.8 Å². The van der Waals surface area contributed by atoms with Gasteiger partial charge in [0.2, 0.25) is 0 Å². The first kappa shape index (κ1) is 16.7. The van der Waals surface area contributed by atoms with E-state index in [4.69, 9.17) is 4.63 Å². The fourth-order valence-electron chi connectivity index (χ4n) is 3.53. The highest BCUT2D eigenvalue weighted by Gasteiger charge is 2.26. The molecule has 7 heteroatoms. The number of hydrogen-bond acceptors (Lipinski definition) is 7. The fraction of sp³-hybridized carbons (Fsp3) is 0.444. The summed E-state index contributed by atoms with van der Waals surface area (Å²) in [6.45, 7) is 5.11. The van der Waals surface area contributed by atoms with Crippen LogP contribution in [0.3, 0.4) is 0 Å². The maximum absolute atomic E-state index is 9.46. The summed E-state index contributed by atoms with van der Waals surface area (Å²) >= 11 is 1.74. The van der Waals surface area contributed by atoms with Crippen molar-refractivity contribution >= 4 is 22.4 Å². The first-order valence-corrected chi connectivity index (χ1v) is 9.55. The monoisotopic (exact) mass is 358 g/mol. The zero-order chi connectivity index (χ0) is 17.1. The Morgan fingerprint density at radius 1 is 1.12 bits per heavy atom. The van der Waals surface area contributed by atoms with E-state index in [1.807, 2.05) is 12.1 Å². The average molecular weight is 358 g/mol. The summed E-state index contributed by atoms with van der Waals surface area (Å²) in [5.41, 5.74) is 4.19. The van der Waals surface area contributed by atoms with Gasteiger partial charge in [0.1, 0.15) is 11.0 Å². The molecule has 25 heavy (non-hydrogen) atoms. The highest BCUT2D eigenvalue weighted by Crippen LogP contribution is 2.20. The van der Waals surface area contributed by atoms with Crippen molar-refractivity contribution in [2.24, 2.45) is 0 Å². The van der Waals surface area contributed by atoms with E-state index in [1.165, 1.54) is 11.1 Å². The summed E-state index contributed by atoms with van der Waals surface area (Å²) in [7, 11) is 0. The minimum atomic E-state index is 0.231. The van der Waals surface area contributed by atoms with Gasteiger partial charge in [-0.2, -0.15) is 11.3 Å². The van der Waals surface area contributed by atoms with Crippen LogP contribution in [0.15, 0.2) is 39.7 Å². The van der Waals surface area contributed by atoms with Crippen molar-refractivity contribution < 1.29 is 9.74 Å². The van der Waals surface area contributed by atoms with Crippen LogP contribution in [0.5, 0.6) is 0 Å². The lowest BCUT2D eigenvalue weighted by molar-refractivity contribution is 0.0501. The molecule has 0 unspecified atom stereocenters. The molecule has 0 bridgehead atoms. The quantitative estimate of drug-likeness (QED) is 0.730. The second-order valence-electron chi connectivity index (χ2n) is 6.59. The topological polar surface area (TPSA) is 65.6 Å². The van der Waals surface area contributed by atoms with Gasteiger partial charge in [0.05, 0.1) is 0 Å². The van der Waals surface area contributed by atoms with Crippen molar-refractivity contribution in [3.05, 3.63) is 46.2 Å². The normalized spacial score (nSPS) is 19.6. The minimum Gasteiger partial charge on any atom is -0.396 e. The van der Waals surface area contributed by atoms with E-state index < -0.39 is 0 Å². The van der Waals surface area contributed by atoms with Crippen molar-refractivity contribution in [1.82, 2.24) is 20.1 Å². The number of benzene rings is 1. The number of rotatable bonds is 6. The molecule has 1 fully saturated rings. The van der Waals surface area contributed by atoms with Crippen LogP contribution in [0.4, 0.5) is 0 Å². The maximum atomic E-state index is 9.46. The molecule has 6 nitrogen and oxygen atoms in total. The molecular formula is C18H22N4O2S. The van der Waals surface area contributed by atoms with Gasteiger partial charge in [-0.25, -0.2) is 4.63 Å². The van der Waals surface area contributed by atoms with Gasteiger partial charge in [0.15, 0.2) is 0 Å². The summed E-state index contributed by atoms with van der Waals surface area (Å²) in [5, 5.41) is 21.6. The molecule has 1 N–H and O–H groups in total. The Balaban J connectivity index is 1.41. The van der Waals surface area contributed by atoms with Gasteiger partial charge in [-0.3, -0.25) is 9.80 Å². The van der Waals surface area contributed by atoms with Crippen molar-refractivity contribution in [3.63, 3.8) is 0 Å². The number of thiophene rings is 1. The van der Waals surface area contributed by atoms with Crippen molar-refractivity contribution in [1.29, 1.82) is 0 Å². The first-order chi connectivity index (χ1) is 12.3. The van der Waals surface area contributed by atoms with Crippen LogP contribution in [0.1, 0.15) is 17.5 Å². The fourth-order valence-corrected chi connectivity index (χ4v) is 4.19. The molecule has 2 aromatic heterocycles. The number of fused-ring (bicyclic) bond motifs is 1. The number of aromatic nitrogens is 2. The molecular weight excluding hydrogens is 336 g/mol. The Kier molecular flexibility index (Phi) is 5.07. The molecule has 1 aliphatic rings. The third kappa shape index (κ3) is 3.90. The molecule has 0 spiro atoms. The standard InChI is InChI=1S/C18H22N4O2S/c23-7-3-16-12-21(5-6-22(16)11-15-4-8-25-13-15)10-14-1-2-17-18(9-14)20-24-19-17/h1-2,4,8-9,13,16,23H,3,5-7,10-12H2/t16-/m1/s1. The predicted octanol–water partition coefficient (Wildman–Crippen LogP) is 2.35. The Morgan fingerprint density at radius 2 is 2.04 bits per heavy atom. The van der Waals surface area contributed by atoms with Crippen LogP contribution in [0.2, 0.25) is 0 Å². The molecule has 0 radical (unpaired) electrons. The van der Waals surface area contributed by atoms with Crippen LogP contribution in [-0.4, -0.2) is 57.5 Å². The van der Waals surface area contributed by atoms with E-state index in [2.05, 4.69) is 43.0 Å². The summed E-state index contributed by atoms with van der Waals surface area (Å²) in [4.78, 5) is 4.96. The molecule has 1 atom stereocenters. The molecule has 1 aromatic carbocycles. The van der Waals surface area contributed by atoms with Crippen molar-refractivity contribution in [2.75, 3.05) is 26.2 Å². The Morgan fingerprint density at radius 3 is 2.88 bits per heavy atom. The number of piperazine rings is 1. The second kappa shape index (κ2) is 7.61. The van der Waals surface area contributed by atoms with Gasteiger partial charge in [-0.15, -0.1) is 0 Å². The third-order valence-corrected chi connectivity index (χ3v) is 5.57. The summed E-state index contributed by atoms with van der Waals surface area (Å²) in [6, 6.07) is 8.67. The summed E-state index contributed by atoms with van der Waals surface area (Å²) < 4.78 is 4.78. The van der Waals surface area contributed by atoms with E-state index in [-0.39, 0.29) is 6.61 Å². The Bertz CT molecular complexity index is 804. The number of nitrogens with zero attached hydrogens (tertiary/aromatic N) is 4. The summed E-state index contributed by atoms with van der Waals surface area (Å²) in [5.74, 6) is 0. The van der Waals surface area contributed by atoms with Crippen molar-refractivity contribution in [3.8, 4) is 0 Å². The van der Waals surface area contributed by atoms with Gasteiger partial charge < -0.3 is 5.11 Å². The van der Waals surface area contributed by atoms with Crippen LogP contribution >= 0.6 is 11.3 Å². The van der Waals surface area contributed by atoms with E-state index in [0.29, 0.717) is 6.04 Å². The molecule has 1 aliphatic heterocycles. The second-order valence-corrected chi connectivity index (χ2v) is 7.37. The number of aliphatic hydroxyl groups is 1. The number of aliphatic hydroxyl groups excluding tert-OH is 1. The third-order valence-electron chi connectivity index (χ3n) is 4.84. The zero-order valence-corrected chi connectivity index (χ0v) is 14.9. The van der Waals surface area contributed by atoms with E-state index in [0.717, 1.165) is 50.2 Å². The Hall–Kier alpha value is -1.80. The van der Waals surface area contributed by atoms with E-state index in [1.54, 1.807) is 11.3 Å². The zero-order valence-electron chi connectivity index (χ0n) is 14.0. The summed E-state index contributed by atoms with van der Waals surface area (Å²) in [6.07, 6.45) is 0.812. The van der Waals surface area contributed by atoms with E-state index >= 15 is 0 Å². The molecule has 0 saturated carbocycles. The van der Waals surface area contributed by atoms with E-state index in [9.17, 15) is 5.11 Å². The van der Waals surface area contributed by atoms with Crippen LogP contribution in [-0.2, 0) is 13.1 Å². The van der Waals surface area contributed by atoms with Gasteiger partial charge in [-0.1, -0.05) is 6.07 Å². The highest BCUT2D eigenvalue weighted by molar-refractivity contribution is 7.07. The highest BCUT2D eigenvalue weighted by atomic mass is 32.1. The smallest absolute Gasteiger partial charge is 0.135 e. The molecule has 3 heterocycles. The lowest BCUT2D eigenvalue weighted by Gasteiger charge is -2.41. The molecule has 4 rings (SSSR count). The molecule has 1 saturated heterocycles. The molecule has 132 valence electrons. The average Bonchev–Trinajstić information content (AvgIpc) is 3.28. The Labute approximate surface area is 150 Å². The lowest BCUT2D eigenvalue weighted by atomic mass is 10.1. The van der Waals surface area contributed by atoms with Gasteiger partial charge >= 0.3 is 0 Å². The van der Waals surface area contributed by atoms with Gasteiger partial charge in [0.25, 0.3) is 0 Å². The maximum Gasteiger partial charge on any atom is 0.135 e. The van der Waals surface area contributed by atoms with Crippen LogP contribution in [0.25, 0.3) is 11.0 Å². The SMILES string of the molecule is OCC[C@@H]1CN(Cc2ccc3nonc3c2)CCN1Cc1ccsc1. The van der Waals surface area contributed by atoms with Crippen LogP contribution < -0.4 is 0 Å². The molecule has 3 aromatic rings. The molecule has 0 aliphatic carbocycles.